The van der Waals surface area contributed by atoms with Gasteiger partial charge in [0, 0.05) is 57.6 Å². The van der Waals surface area contributed by atoms with E-state index in [1.54, 1.807) is 0 Å². The van der Waals surface area contributed by atoms with Gasteiger partial charge >= 0.3 is 0 Å². The molecular formula is C22H22BrN5OS. The maximum Gasteiger partial charge on any atom is 0.163 e. The first kappa shape index (κ1) is 19.8. The third-order valence-electron chi connectivity index (χ3n) is 5.72. The number of aromatic nitrogens is 4. The number of rotatable bonds is 4. The van der Waals surface area contributed by atoms with Gasteiger partial charge in [-0.15, -0.1) is 0 Å². The van der Waals surface area contributed by atoms with Crippen LogP contribution in [-0.2, 0) is 17.3 Å². The van der Waals surface area contributed by atoms with E-state index in [0.29, 0.717) is 12.6 Å². The van der Waals surface area contributed by atoms with Gasteiger partial charge in [0.1, 0.15) is 0 Å². The molecule has 1 aliphatic heterocycles. The number of nitrogens with one attached hydrogen (secondary N) is 1. The quantitative estimate of drug-likeness (QED) is 0.474. The maximum atomic E-state index is 11.6. The summed E-state index contributed by atoms with van der Waals surface area (Å²) >= 11 is 3.71. The van der Waals surface area contributed by atoms with Gasteiger partial charge in [0.05, 0.1) is 27.6 Å². The largest absolute Gasteiger partial charge is 0.308 e. The van der Waals surface area contributed by atoms with Gasteiger partial charge in [0.15, 0.2) is 5.65 Å². The molecule has 3 aromatic heterocycles. The third kappa shape index (κ3) is 3.68. The fraction of sp³-hybridized carbons (Fsp3) is 0.318. The highest BCUT2D eigenvalue weighted by atomic mass is 79.9. The summed E-state index contributed by atoms with van der Waals surface area (Å²) in [5.41, 5.74) is 5.76. The highest BCUT2D eigenvalue weighted by molar-refractivity contribution is 9.10. The van der Waals surface area contributed by atoms with Crippen molar-refractivity contribution in [1.29, 1.82) is 0 Å². The van der Waals surface area contributed by atoms with Crippen LogP contribution in [0.1, 0.15) is 24.2 Å². The van der Waals surface area contributed by atoms with E-state index in [4.69, 9.17) is 4.98 Å². The van der Waals surface area contributed by atoms with E-state index in [2.05, 4.69) is 43.5 Å². The summed E-state index contributed by atoms with van der Waals surface area (Å²) in [6, 6.07) is 10.6. The van der Waals surface area contributed by atoms with Crippen LogP contribution < -0.4 is 5.32 Å². The molecule has 0 radical (unpaired) electrons. The number of para-hydroxylation sites is 1. The molecular weight excluding hydrogens is 462 g/mol. The summed E-state index contributed by atoms with van der Waals surface area (Å²) in [6.45, 7) is 2.71. The SMILES string of the molecule is Cc1c(Br)c(CNC2CCS(=O)CC2)nc2c(-c3cnc4ccccc4c3)cnn12. The van der Waals surface area contributed by atoms with E-state index in [-0.39, 0.29) is 0 Å². The molecule has 0 bridgehead atoms. The van der Waals surface area contributed by atoms with Crippen LogP contribution in [0.15, 0.2) is 47.2 Å². The van der Waals surface area contributed by atoms with Crippen molar-refractivity contribution in [1.82, 2.24) is 24.9 Å². The maximum absolute atomic E-state index is 11.6. The van der Waals surface area contributed by atoms with E-state index in [0.717, 1.165) is 67.9 Å². The fourth-order valence-corrected chi connectivity index (χ4v) is 5.65. The lowest BCUT2D eigenvalue weighted by atomic mass is 10.1. The number of pyridine rings is 1. The first-order valence-electron chi connectivity index (χ1n) is 10.1. The molecule has 0 unspecified atom stereocenters. The van der Waals surface area contributed by atoms with Crippen LogP contribution in [0.5, 0.6) is 0 Å². The van der Waals surface area contributed by atoms with Gasteiger partial charge < -0.3 is 5.32 Å². The lowest BCUT2D eigenvalue weighted by Crippen LogP contribution is -2.35. The Morgan fingerprint density at radius 2 is 2.03 bits per heavy atom. The molecule has 1 aliphatic rings. The second kappa shape index (κ2) is 8.17. The number of benzene rings is 1. The van der Waals surface area contributed by atoms with Crippen molar-refractivity contribution in [2.75, 3.05) is 11.5 Å². The number of hydrogen-bond acceptors (Lipinski definition) is 5. The zero-order valence-electron chi connectivity index (χ0n) is 16.6. The zero-order chi connectivity index (χ0) is 20.7. The Morgan fingerprint density at radius 3 is 2.87 bits per heavy atom. The van der Waals surface area contributed by atoms with Gasteiger partial charge in [-0.3, -0.25) is 9.19 Å². The topological polar surface area (TPSA) is 72.2 Å². The van der Waals surface area contributed by atoms with E-state index in [1.807, 2.05) is 42.0 Å². The molecule has 0 spiro atoms. The molecule has 4 heterocycles. The minimum atomic E-state index is -0.647. The number of aryl methyl sites for hydroxylation is 1. The number of halogens is 1. The summed E-state index contributed by atoms with van der Waals surface area (Å²) in [5, 5.41) is 9.27. The Balaban J connectivity index is 1.50. The summed E-state index contributed by atoms with van der Waals surface area (Å²) in [5.74, 6) is 1.57. The Bertz CT molecular complexity index is 1260. The predicted octanol–water partition coefficient (Wildman–Crippen LogP) is 4.02. The minimum absolute atomic E-state index is 0.391. The van der Waals surface area contributed by atoms with Crippen LogP contribution in [-0.4, -0.2) is 41.3 Å². The van der Waals surface area contributed by atoms with Crippen LogP contribution in [0.4, 0.5) is 0 Å². The van der Waals surface area contributed by atoms with Crippen molar-refractivity contribution in [2.45, 2.75) is 32.4 Å². The average molecular weight is 484 g/mol. The molecule has 1 aromatic carbocycles. The lowest BCUT2D eigenvalue weighted by molar-refractivity contribution is 0.471. The van der Waals surface area contributed by atoms with Crippen molar-refractivity contribution in [3.63, 3.8) is 0 Å². The van der Waals surface area contributed by atoms with Gasteiger partial charge in [-0.2, -0.15) is 5.10 Å². The van der Waals surface area contributed by atoms with Crippen molar-refractivity contribution in [3.05, 3.63) is 58.6 Å². The lowest BCUT2D eigenvalue weighted by Gasteiger charge is -2.22. The van der Waals surface area contributed by atoms with Crippen molar-refractivity contribution in [3.8, 4) is 11.1 Å². The normalized spacial score (nSPS) is 19.5. The highest BCUT2D eigenvalue weighted by Crippen LogP contribution is 2.29. The standard InChI is InChI=1S/C22H22BrN5OS/c1-14-21(23)20(13-24-17-6-8-30(29)9-7-17)27-22-18(12-26-28(14)22)16-10-15-4-2-3-5-19(15)25-11-16/h2-5,10-12,17,24H,6-9,13H2,1H3. The predicted molar refractivity (Wildman–Crippen MR) is 124 cm³/mol. The molecule has 0 atom stereocenters. The molecule has 6 nitrogen and oxygen atoms in total. The van der Waals surface area contributed by atoms with Crippen molar-refractivity contribution < 1.29 is 4.21 Å². The minimum Gasteiger partial charge on any atom is -0.308 e. The Morgan fingerprint density at radius 1 is 1.23 bits per heavy atom. The van der Waals surface area contributed by atoms with E-state index in [9.17, 15) is 4.21 Å². The molecule has 0 saturated carbocycles. The van der Waals surface area contributed by atoms with Gasteiger partial charge in [0.2, 0.25) is 0 Å². The molecule has 4 aromatic rings. The third-order valence-corrected chi connectivity index (χ3v) is 8.13. The number of nitrogens with zero attached hydrogens (tertiary/aromatic N) is 4. The summed E-state index contributed by atoms with van der Waals surface area (Å²) in [4.78, 5) is 9.55. The van der Waals surface area contributed by atoms with Crippen LogP contribution in [0.3, 0.4) is 0 Å². The Labute approximate surface area is 185 Å². The van der Waals surface area contributed by atoms with E-state index >= 15 is 0 Å². The van der Waals surface area contributed by atoms with Crippen LogP contribution >= 0.6 is 15.9 Å². The summed E-state index contributed by atoms with van der Waals surface area (Å²) < 4.78 is 14.4. The first-order valence-corrected chi connectivity index (χ1v) is 12.3. The second-order valence-electron chi connectivity index (χ2n) is 7.67. The summed E-state index contributed by atoms with van der Waals surface area (Å²) in [7, 11) is -0.647. The smallest absolute Gasteiger partial charge is 0.163 e. The van der Waals surface area contributed by atoms with Gasteiger partial charge in [-0.05, 0) is 47.8 Å². The average Bonchev–Trinajstić information content (AvgIpc) is 3.20. The van der Waals surface area contributed by atoms with Gasteiger partial charge in [-0.1, -0.05) is 18.2 Å². The van der Waals surface area contributed by atoms with E-state index in [1.165, 1.54) is 0 Å². The fourth-order valence-electron chi connectivity index (χ4n) is 3.95. The van der Waals surface area contributed by atoms with E-state index < -0.39 is 10.8 Å². The molecule has 1 N–H and O–H groups in total. The summed E-state index contributed by atoms with van der Waals surface area (Å²) in [6.07, 6.45) is 5.65. The van der Waals surface area contributed by atoms with Crippen LogP contribution in [0, 0.1) is 6.92 Å². The molecule has 30 heavy (non-hydrogen) atoms. The Kier molecular flexibility index (Phi) is 5.39. The van der Waals surface area contributed by atoms with Crippen LogP contribution in [0.25, 0.3) is 27.7 Å². The molecule has 1 saturated heterocycles. The molecule has 8 heteroatoms. The zero-order valence-corrected chi connectivity index (χ0v) is 19.0. The molecule has 1 fully saturated rings. The number of hydrogen-bond donors (Lipinski definition) is 1. The second-order valence-corrected chi connectivity index (χ2v) is 10.2. The Hall–Kier alpha value is -2.16. The van der Waals surface area contributed by atoms with Gasteiger partial charge in [0.25, 0.3) is 0 Å². The molecule has 0 aliphatic carbocycles. The molecule has 5 rings (SSSR count). The van der Waals surface area contributed by atoms with Crippen LogP contribution in [0.2, 0.25) is 0 Å². The van der Waals surface area contributed by atoms with Crippen molar-refractivity contribution in [2.24, 2.45) is 0 Å². The number of fused-ring (bicyclic) bond motifs is 2. The van der Waals surface area contributed by atoms with Crippen molar-refractivity contribution >= 4 is 43.3 Å². The van der Waals surface area contributed by atoms with Gasteiger partial charge in [-0.25, -0.2) is 9.50 Å². The molecule has 154 valence electrons. The molecule has 0 amide bonds. The monoisotopic (exact) mass is 483 g/mol. The highest BCUT2D eigenvalue weighted by Gasteiger charge is 2.20. The first-order chi connectivity index (χ1) is 14.6.